The molecule has 0 bridgehead atoms. The molecule has 0 radical (unpaired) electrons. The quantitative estimate of drug-likeness (QED) is 0.391. The lowest BCUT2D eigenvalue weighted by atomic mass is 10.1. The van der Waals surface area contributed by atoms with Gasteiger partial charge in [-0.3, -0.25) is 4.79 Å². The van der Waals surface area contributed by atoms with Gasteiger partial charge < -0.3 is 29.2 Å². The molecular weight excluding hydrogens is 529 g/mol. The lowest BCUT2D eigenvalue weighted by Gasteiger charge is -2.26. The standard InChI is InChI=1S/C26H22ClF3N2O6/c1-35-18-4-6-19(7-5-18)37-23-8-2-16(26(28,29)30)14-21(23)31-24(33)20-15-17(27)3-9-22(20)38-25(34)32-10-12-36-13-11-32/h2-9,14-15H,10-13H2,1H3,(H,31,33). The summed E-state index contributed by atoms with van der Waals surface area (Å²) in [6.45, 7) is 1.31. The minimum absolute atomic E-state index is 0.0505. The molecule has 38 heavy (non-hydrogen) atoms. The zero-order valence-corrected chi connectivity index (χ0v) is 20.8. The van der Waals surface area contributed by atoms with Gasteiger partial charge in [0, 0.05) is 18.1 Å². The highest BCUT2D eigenvalue weighted by Gasteiger charge is 2.32. The number of amides is 2. The third-order valence-electron chi connectivity index (χ3n) is 5.50. The Morgan fingerprint density at radius 3 is 2.26 bits per heavy atom. The van der Waals surface area contributed by atoms with Crippen LogP contribution in [-0.2, 0) is 10.9 Å². The fourth-order valence-corrected chi connectivity index (χ4v) is 3.70. The maximum absolute atomic E-state index is 13.5. The summed E-state index contributed by atoms with van der Waals surface area (Å²) in [5.74, 6) is -0.183. The Hall–Kier alpha value is -3.96. The van der Waals surface area contributed by atoms with E-state index in [1.807, 2.05) is 0 Å². The number of morpholine rings is 1. The van der Waals surface area contributed by atoms with Crippen molar-refractivity contribution >= 4 is 29.3 Å². The van der Waals surface area contributed by atoms with E-state index in [2.05, 4.69) is 5.32 Å². The fourth-order valence-electron chi connectivity index (χ4n) is 3.53. The molecule has 12 heteroatoms. The number of ether oxygens (including phenoxy) is 4. The van der Waals surface area contributed by atoms with Crippen LogP contribution in [0.5, 0.6) is 23.0 Å². The summed E-state index contributed by atoms with van der Waals surface area (Å²) >= 11 is 6.07. The van der Waals surface area contributed by atoms with E-state index in [1.165, 1.54) is 30.2 Å². The van der Waals surface area contributed by atoms with Crippen LogP contribution >= 0.6 is 11.6 Å². The first-order valence-corrected chi connectivity index (χ1v) is 11.7. The van der Waals surface area contributed by atoms with Gasteiger partial charge in [0.2, 0.25) is 0 Å². The van der Waals surface area contributed by atoms with Gasteiger partial charge in [0.05, 0.1) is 37.1 Å². The van der Waals surface area contributed by atoms with Gasteiger partial charge in [0.15, 0.2) is 5.75 Å². The van der Waals surface area contributed by atoms with Gasteiger partial charge in [-0.05, 0) is 60.7 Å². The number of nitrogens with one attached hydrogen (secondary N) is 1. The van der Waals surface area contributed by atoms with Crippen LogP contribution in [0.25, 0.3) is 0 Å². The van der Waals surface area contributed by atoms with Crippen molar-refractivity contribution in [3.05, 3.63) is 76.8 Å². The number of hydrogen-bond acceptors (Lipinski definition) is 6. The summed E-state index contributed by atoms with van der Waals surface area (Å²) in [7, 11) is 1.49. The first-order valence-electron chi connectivity index (χ1n) is 11.3. The number of anilines is 1. The molecule has 0 atom stereocenters. The topological polar surface area (TPSA) is 86.3 Å². The van der Waals surface area contributed by atoms with Gasteiger partial charge in [-0.2, -0.15) is 13.2 Å². The molecule has 1 aliphatic heterocycles. The second kappa shape index (κ2) is 11.6. The summed E-state index contributed by atoms with van der Waals surface area (Å²) in [6, 6.07) is 13.0. The molecule has 0 aliphatic carbocycles. The zero-order valence-electron chi connectivity index (χ0n) is 20.0. The van der Waals surface area contributed by atoms with E-state index in [4.69, 9.17) is 30.5 Å². The molecule has 0 unspecified atom stereocenters. The van der Waals surface area contributed by atoms with Crippen molar-refractivity contribution in [1.29, 1.82) is 0 Å². The Morgan fingerprint density at radius 1 is 0.947 bits per heavy atom. The summed E-state index contributed by atoms with van der Waals surface area (Å²) in [5.41, 5.74) is -1.42. The number of carbonyl (C=O) groups excluding carboxylic acids is 2. The van der Waals surface area contributed by atoms with Crippen LogP contribution in [0.4, 0.5) is 23.7 Å². The van der Waals surface area contributed by atoms with Crippen LogP contribution in [0.15, 0.2) is 60.7 Å². The summed E-state index contributed by atoms with van der Waals surface area (Å²) < 4.78 is 61.8. The highest BCUT2D eigenvalue weighted by molar-refractivity contribution is 6.31. The van der Waals surface area contributed by atoms with Crippen LogP contribution in [0.1, 0.15) is 15.9 Å². The van der Waals surface area contributed by atoms with E-state index >= 15 is 0 Å². The molecule has 4 rings (SSSR count). The van der Waals surface area contributed by atoms with Gasteiger partial charge in [-0.15, -0.1) is 0 Å². The normalized spacial score (nSPS) is 13.6. The number of halogens is 4. The van der Waals surface area contributed by atoms with Crippen molar-refractivity contribution in [3.63, 3.8) is 0 Å². The molecule has 1 aliphatic rings. The summed E-state index contributed by atoms with van der Waals surface area (Å²) in [4.78, 5) is 27.2. The zero-order chi connectivity index (χ0) is 27.3. The second-order valence-electron chi connectivity index (χ2n) is 8.05. The molecule has 1 fully saturated rings. The number of alkyl halides is 3. The maximum Gasteiger partial charge on any atom is 0.416 e. The Kier molecular flexibility index (Phi) is 8.28. The smallest absolute Gasteiger partial charge is 0.416 e. The van der Waals surface area contributed by atoms with Crippen molar-refractivity contribution in [2.75, 3.05) is 38.7 Å². The number of carbonyl (C=O) groups is 2. The Labute approximate surface area is 220 Å². The van der Waals surface area contributed by atoms with Crippen LogP contribution in [0, 0.1) is 0 Å². The molecule has 3 aromatic carbocycles. The minimum Gasteiger partial charge on any atom is -0.497 e. The highest BCUT2D eigenvalue weighted by atomic mass is 35.5. The lowest BCUT2D eigenvalue weighted by molar-refractivity contribution is -0.137. The SMILES string of the molecule is COc1ccc(Oc2ccc(C(F)(F)F)cc2NC(=O)c2cc(Cl)ccc2OC(=O)N2CCOCC2)cc1. The van der Waals surface area contributed by atoms with Crippen LogP contribution in [0.3, 0.4) is 0 Å². The fraction of sp³-hybridized carbons (Fsp3) is 0.231. The Balaban J connectivity index is 1.62. The second-order valence-corrected chi connectivity index (χ2v) is 8.48. The highest BCUT2D eigenvalue weighted by Crippen LogP contribution is 2.38. The van der Waals surface area contributed by atoms with Crippen molar-refractivity contribution in [1.82, 2.24) is 4.90 Å². The predicted molar refractivity (Wildman–Crippen MR) is 132 cm³/mol. The van der Waals surface area contributed by atoms with Crippen LogP contribution in [0.2, 0.25) is 5.02 Å². The van der Waals surface area contributed by atoms with Gasteiger partial charge in [0.1, 0.15) is 17.2 Å². The molecule has 200 valence electrons. The average Bonchev–Trinajstić information content (AvgIpc) is 2.91. The Morgan fingerprint density at radius 2 is 1.61 bits per heavy atom. The molecule has 1 saturated heterocycles. The molecule has 0 saturated carbocycles. The number of methoxy groups -OCH3 is 1. The van der Waals surface area contributed by atoms with Crippen LogP contribution < -0.4 is 19.5 Å². The third-order valence-corrected chi connectivity index (χ3v) is 5.73. The molecule has 1 heterocycles. The summed E-state index contributed by atoms with van der Waals surface area (Å²) in [5, 5.41) is 2.58. The molecule has 1 N–H and O–H groups in total. The number of rotatable bonds is 6. The maximum atomic E-state index is 13.5. The van der Waals surface area contributed by atoms with Crippen molar-refractivity contribution in [3.8, 4) is 23.0 Å². The molecule has 8 nitrogen and oxygen atoms in total. The first kappa shape index (κ1) is 27.1. The van der Waals surface area contributed by atoms with Gasteiger partial charge in [-0.1, -0.05) is 11.6 Å². The molecule has 2 amide bonds. The van der Waals surface area contributed by atoms with E-state index in [0.29, 0.717) is 37.8 Å². The largest absolute Gasteiger partial charge is 0.497 e. The number of nitrogens with zero attached hydrogens (tertiary/aromatic N) is 1. The van der Waals surface area contributed by atoms with Gasteiger partial charge >= 0.3 is 12.3 Å². The monoisotopic (exact) mass is 550 g/mol. The van der Waals surface area contributed by atoms with E-state index in [0.717, 1.165) is 18.2 Å². The minimum atomic E-state index is -4.67. The number of benzene rings is 3. The summed E-state index contributed by atoms with van der Waals surface area (Å²) in [6.07, 6.45) is -5.38. The predicted octanol–water partition coefficient (Wildman–Crippen LogP) is 6.24. The first-order chi connectivity index (χ1) is 18.1. The van der Waals surface area contributed by atoms with E-state index in [1.54, 1.807) is 24.3 Å². The molecule has 0 aromatic heterocycles. The molecular formula is C26H22ClF3N2O6. The Bertz CT molecular complexity index is 1310. The van der Waals surface area contributed by atoms with Gasteiger partial charge in [-0.25, -0.2) is 4.79 Å². The van der Waals surface area contributed by atoms with Crippen molar-refractivity contribution in [2.45, 2.75) is 6.18 Å². The van der Waals surface area contributed by atoms with Crippen molar-refractivity contribution in [2.24, 2.45) is 0 Å². The van der Waals surface area contributed by atoms with E-state index in [-0.39, 0.29) is 27.8 Å². The lowest BCUT2D eigenvalue weighted by Crippen LogP contribution is -2.42. The van der Waals surface area contributed by atoms with E-state index < -0.39 is 23.7 Å². The van der Waals surface area contributed by atoms with E-state index in [9.17, 15) is 22.8 Å². The van der Waals surface area contributed by atoms with Gasteiger partial charge in [0.25, 0.3) is 5.91 Å². The third kappa shape index (κ3) is 6.67. The molecule has 0 spiro atoms. The number of hydrogen-bond donors (Lipinski definition) is 1. The molecule has 3 aromatic rings. The van der Waals surface area contributed by atoms with Crippen LogP contribution in [-0.4, -0.2) is 50.3 Å². The average molecular weight is 551 g/mol. The van der Waals surface area contributed by atoms with Crippen molar-refractivity contribution < 1.29 is 41.7 Å².